The lowest BCUT2D eigenvalue weighted by Crippen LogP contribution is -2.28. The quantitative estimate of drug-likeness (QED) is 0.184. The Bertz CT molecular complexity index is 1420. The first-order valence-corrected chi connectivity index (χ1v) is 12.8. The maximum Gasteiger partial charge on any atom is 0.269 e. The lowest BCUT2D eigenvalue weighted by Gasteiger charge is -2.25. The van der Waals surface area contributed by atoms with Gasteiger partial charge in [0, 0.05) is 28.3 Å². The van der Waals surface area contributed by atoms with Crippen LogP contribution in [0.1, 0.15) is 21.5 Å². The summed E-state index contributed by atoms with van der Waals surface area (Å²) in [5.74, 6) is -0.0942. The summed E-state index contributed by atoms with van der Waals surface area (Å²) in [6.07, 6.45) is 1.77. The molecule has 0 radical (unpaired) electrons. The van der Waals surface area contributed by atoms with Gasteiger partial charge in [-0.25, -0.2) is 0 Å². The van der Waals surface area contributed by atoms with Crippen LogP contribution in [0.4, 0.5) is 22.7 Å². The molecule has 8 heteroatoms. The van der Waals surface area contributed by atoms with E-state index in [9.17, 15) is 19.7 Å². The van der Waals surface area contributed by atoms with Crippen LogP contribution in [0.25, 0.3) is 0 Å². The van der Waals surface area contributed by atoms with Gasteiger partial charge in [0.05, 0.1) is 22.1 Å². The molecular weight excluding hydrogens is 486 g/mol. The van der Waals surface area contributed by atoms with Crippen molar-refractivity contribution in [1.82, 2.24) is 0 Å². The number of para-hydroxylation sites is 2. The third-order valence-electron chi connectivity index (χ3n) is 6.19. The molecule has 1 aliphatic rings. The average molecular weight is 510 g/mol. The topological polar surface area (TPSA) is 92.6 Å². The lowest BCUT2D eigenvalue weighted by atomic mass is 10.0. The standard InChI is InChI=1S/C29H23N3O4S/c33-28(31-26-7-3-1-5-20(26)9-10-21-6-2-4-8-27(21)31)19-37-25-17-13-23(14-18-25)30-29(34)22-11-15-24(16-12-22)32(35)36/h1-8,11-18H,9-10,19H2,(H,30,34). The second-order valence-electron chi connectivity index (χ2n) is 8.56. The maximum atomic E-state index is 13.5. The summed E-state index contributed by atoms with van der Waals surface area (Å²) >= 11 is 1.44. The number of rotatable bonds is 6. The summed E-state index contributed by atoms with van der Waals surface area (Å²) in [6, 6.07) is 28.8. The van der Waals surface area contributed by atoms with Crippen molar-refractivity contribution in [3.05, 3.63) is 124 Å². The van der Waals surface area contributed by atoms with Gasteiger partial charge in [0.2, 0.25) is 5.91 Å². The van der Waals surface area contributed by atoms with Crippen LogP contribution < -0.4 is 10.2 Å². The number of anilines is 3. The van der Waals surface area contributed by atoms with Crippen molar-refractivity contribution < 1.29 is 14.5 Å². The first kappa shape index (κ1) is 24.3. The molecule has 184 valence electrons. The third kappa shape index (κ3) is 5.39. The van der Waals surface area contributed by atoms with E-state index < -0.39 is 4.92 Å². The van der Waals surface area contributed by atoms with E-state index in [4.69, 9.17) is 0 Å². The Balaban J connectivity index is 1.25. The highest BCUT2D eigenvalue weighted by molar-refractivity contribution is 8.00. The SMILES string of the molecule is O=C(Nc1ccc(SCC(=O)N2c3ccccc3CCc3ccccc32)cc1)c1ccc([N+](=O)[O-])cc1. The fourth-order valence-corrected chi connectivity index (χ4v) is 5.08. The number of nitrogens with one attached hydrogen (secondary N) is 1. The van der Waals surface area contributed by atoms with E-state index in [0.717, 1.165) is 40.2 Å². The Morgan fingerprint density at radius 2 is 1.38 bits per heavy atom. The predicted molar refractivity (Wildman–Crippen MR) is 146 cm³/mol. The summed E-state index contributed by atoms with van der Waals surface area (Å²) in [4.78, 5) is 39.0. The number of aryl methyl sites for hydroxylation is 2. The van der Waals surface area contributed by atoms with Crippen LogP contribution in [0.5, 0.6) is 0 Å². The summed E-state index contributed by atoms with van der Waals surface area (Å²) < 4.78 is 0. The molecule has 0 saturated carbocycles. The molecule has 1 N–H and O–H groups in total. The molecule has 0 unspecified atom stereocenters. The lowest BCUT2D eigenvalue weighted by molar-refractivity contribution is -0.384. The second-order valence-corrected chi connectivity index (χ2v) is 9.61. The molecule has 1 aliphatic heterocycles. The average Bonchev–Trinajstić information content (AvgIpc) is 3.09. The molecule has 0 atom stereocenters. The van der Waals surface area contributed by atoms with Gasteiger partial charge < -0.3 is 5.32 Å². The zero-order chi connectivity index (χ0) is 25.8. The van der Waals surface area contributed by atoms with E-state index in [1.54, 1.807) is 12.1 Å². The van der Waals surface area contributed by atoms with Crippen molar-refractivity contribution >= 4 is 46.3 Å². The minimum absolute atomic E-state index is 0.00218. The monoisotopic (exact) mass is 509 g/mol. The number of nitrogens with zero attached hydrogens (tertiary/aromatic N) is 2. The Morgan fingerprint density at radius 3 is 1.95 bits per heavy atom. The molecule has 0 fully saturated rings. The van der Waals surface area contributed by atoms with Crippen LogP contribution >= 0.6 is 11.8 Å². The highest BCUT2D eigenvalue weighted by Gasteiger charge is 2.25. The number of nitro groups is 1. The van der Waals surface area contributed by atoms with E-state index in [1.165, 1.54) is 36.0 Å². The molecule has 5 rings (SSSR count). The summed E-state index contributed by atoms with van der Waals surface area (Å²) in [7, 11) is 0. The fourth-order valence-electron chi connectivity index (χ4n) is 4.33. The number of carbonyl (C=O) groups excluding carboxylic acids is 2. The molecule has 0 saturated heterocycles. The van der Waals surface area contributed by atoms with Crippen LogP contribution in [0, 0.1) is 10.1 Å². The highest BCUT2D eigenvalue weighted by Crippen LogP contribution is 2.36. The van der Waals surface area contributed by atoms with Gasteiger partial charge in [-0.05, 0) is 72.5 Å². The number of non-ortho nitro benzene ring substituents is 1. The minimum Gasteiger partial charge on any atom is -0.322 e. The number of nitro benzene ring substituents is 1. The molecule has 0 aromatic heterocycles. The Hall–Kier alpha value is -4.43. The molecule has 37 heavy (non-hydrogen) atoms. The molecule has 0 bridgehead atoms. The van der Waals surface area contributed by atoms with Crippen molar-refractivity contribution in [1.29, 1.82) is 0 Å². The largest absolute Gasteiger partial charge is 0.322 e. The van der Waals surface area contributed by atoms with Crippen LogP contribution in [0.2, 0.25) is 0 Å². The van der Waals surface area contributed by atoms with Crippen molar-refractivity contribution in [2.24, 2.45) is 0 Å². The van der Waals surface area contributed by atoms with E-state index in [2.05, 4.69) is 17.4 Å². The van der Waals surface area contributed by atoms with Gasteiger partial charge >= 0.3 is 0 Å². The summed E-state index contributed by atoms with van der Waals surface area (Å²) in [5.41, 5.74) is 5.03. The Kier molecular flexibility index (Phi) is 7.00. The molecule has 2 amide bonds. The number of fused-ring (bicyclic) bond motifs is 2. The minimum atomic E-state index is -0.507. The summed E-state index contributed by atoms with van der Waals surface area (Å²) in [6.45, 7) is 0. The van der Waals surface area contributed by atoms with Crippen LogP contribution in [-0.2, 0) is 17.6 Å². The zero-order valence-corrected chi connectivity index (χ0v) is 20.6. The molecule has 4 aromatic rings. The first-order chi connectivity index (χ1) is 18.0. The number of hydrogen-bond acceptors (Lipinski definition) is 5. The molecule has 1 heterocycles. The number of thioether (sulfide) groups is 1. The normalized spacial score (nSPS) is 12.2. The van der Waals surface area contributed by atoms with Crippen molar-refractivity contribution in [3.63, 3.8) is 0 Å². The molecular formula is C29H23N3O4S. The van der Waals surface area contributed by atoms with Crippen molar-refractivity contribution in [2.75, 3.05) is 16.0 Å². The van der Waals surface area contributed by atoms with Gasteiger partial charge in [0.25, 0.3) is 11.6 Å². The van der Waals surface area contributed by atoms with Gasteiger partial charge in [-0.15, -0.1) is 11.8 Å². The van der Waals surface area contributed by atoms with E-state index in [0.29, 0.717) is 11.3 Å². The number of amides is 2. The number of hydrogen-bond donors (Lipinski definition) is 1. The fraction of sp³-hybridized carbons (Fsp3) is 0.103. The Morgan fingerprint density at radius 1 is 0.811 bits per heavy atom. The van der Waals surface area contributed by atoms with Crippen molar-refractivity contribution in [3.8, 4) is 0 Å². The predicted octanol–water partition coefficient (Wildman–Crippen LogP) is 6.40. The maximum absolute atomic E-state index is 13.5. The second kappa shape index (κ2) is 10.7. The molecule has 4 aromatic carbocycles. The third-order valence-corrected chi connectivity index (χ3v) is 7.19. The van der Waals surface area contributed by atoms with E-state index in [-0.39, 0.29) is 23.3 Å². The van der Waals surface area contributed by atoms with Crippen LogP contribution in [-0.4, -0.2) is 22.5 Å². The van der Waals surface area contributed by atoms with Gasteiger partial charge in [-0.1, -0.05) is 36.4 Å². The van der Waals surface area contributed by atoms with E-state index in [1.807, 2.05) is 53.4 Å². The van der Waals surface area contributed by atoms with Crippen LogP contribution in [0.3, 0.4) is 0 Å². The van der Waals surface area contributed by atoms with Crippen LogP contribution in [0.15, 0.2) is 102 Å². The van der Waals surface area contributed by atoms with Gasteiger partial charge in [0.15, 0.2) is 0 Å². The molecule has 7 nitrogen and oxygen atoms in total. The molecule has 0 aliphatic carbocycles. The Labute approximate surface area is 218 Å². The smallest absolute Gasteiger partial charge is 0.269 e. The highest BCUT2D eigenvalue weighted by atomic mass is 32.2. The van der Waals surface area contributed by atoms with Gasteiger partial charge in [-0.2, -0.15) is 0 Å². The first-order valence-electron chi connectivity index (χ1n) is 11.8. The number of benzene rings is 4. The zero-order valence-electron chi connectivity index (χ0n) is 19.8. The number of carbonyl (C=O) groups is 2. The molecule has 0 spiro atoms. The van der Waals surface area contributed by atoms with Gasteiger partial charge in [0.1, 0.15) is 0 Å². The summed E-state index contributed by atoms with van der Waals surface area (Å²) in [5, 5.41) is 13.6. The van der Waals surface area contributed by atoms with Gasteiger partial charge in [-0.3, -0.25) is 24.6 Å². The van der Waals surface area contributed by atoms with Crippen molar-refractivity contribution in [2.45, 2.75) is 17.7 Å². The van der Waals surface area contributed by atoms with E-state index >= 15 is 0 Å².